The zero-order valence-corrected chi connectivity index (χ0v) is 11.2. The van der Waals surface area contributed by atoms with Gasteiger partial charge >= 0.3 is 5.97 Å². The zero-order chi connectivity index (χ0) is 13.8. The third-order valence-electron chi connectivity index (χ3n) is 2.70. The Labute approximate surface area is 115 Å². The van der Waals surface area contributed by atoms with Crippen molar-refractivity contribution in [3.05, 3.63) is 41.4 Å². The first-order valence-electron chi connectivity index (χ1n) is 5.70. The lowest BCUT2D eigenvalue weighted by Crippen LogP contribution is -2.61. The maximum atomic E-state index is 11.7. The number of likely N-dealkylation sites (tertiary alicyclic amines) is 1. The maximum Gasteiger partial charge on any atom is 0.355 e. The molecule has 1 amide bonds. The van der Waals surface area contributed by atoms with Gasteiger partial charge in [0.25, 0.3) is 0 Å². The number of hydrogen-bond donors (Lipinski definition) is 1. The van der Waals surface area contributed by atoms with Gasteiger partial charge in [0, 0.05) is 10.3 Å². The highest BCUT2D eigenvalue weighted by atomic mass is 32.2. The lowest BCUT2D eigenvalue weighted by molar-refractivity contribution is -0.147. The number of carbonyl (C=O) groups excluding carboxylic acids is 2. The van der Waals surface area contributed by atoms with Crippen molar-refractivity contribution < 1.29 is 14.3 Å². The van der Waals surface area contributed by atoms with Crippen LogP contribution < -0.4 is 5.73 Å². The first-order chi connectivity index (χ1) is 9.13. The average Bonchev–Trinajstić information content (AvgIpc) is 2.46. The van der Waals surface area contributed by atoms with E-state index in [0.717, 1.165) is 4.90 Å². The summed E-state index contributed by atoms with van der Waals surface area (Å²) < 4.78 is 4.69. The number of nitrogens with zero attached hydrogens (tertiary/aromatic N) is 1. The summed E-state index contributed by atoms with van der Waals surface area (Å²) in [6.07, 6.45) is 0. The Kier molecular flexibility index (Phi) is 4.24. The van der Waals surface area contributed by atoms with Crippen molar-refractivity contribution in [2.75, 3.05) is 13.7 Å². The van der Waals surface area contributed by atoms with Gasteiger partial charge in [-0.15, -0.1) is 0 Å². The molecule has 6 heteroatoms. The maximum absolute atomic E-state index is 11.7. The summed E-state index contributed by atoms with van der Waals surface area (Å²) in [6.45, 7) is 0.342. The normalized spacial score (nSPS) is 19.1. The van der Waals surface area contributed by atoms with Gasteiger partial charge in [-0.3, -0.25) is 4.79 Å². The second kappa shape index (κ2) is 5.90. The highest BCUT2D eigenvalue weighted by Crippen LogP contribution is 2.24. The smallest absolute Gasteiger partial charge is 0.355 e. The summed E-state index contributed by atoms with van der Waals surface area (Å²) >= 11 is 1.36. The molecule has 0 bridgehead atoms. The monoisotopic (exact) mass is 278 g/mol. The Balaban J connectivity index is 2.14. The fourth-order valence-corrected chi connectivity index (χ4v) is 2.40. The number of rotatable bonds is 4. The van der Waals surface area contributed by atoms with E-state index in [1.54, 1.807) is 5.41 Å². The van der Waals surface area contributed by atoms with E-state index in [0.29, 0.717) is 6.54 Å². The molecule has 1 aliphatic rings. The van der Waals surface area contributed by atoms with Gasteiger partial charge in [0.1, 0.15) is 11.7 Å². The molecule has 2 rings (SSSR count). The first-order valence-corrected chi connectivity index (χ1v) is 6.58. The summed E-state index contributed by atoms with van der Waals surface area (Å²) in [4.78, 5) is 25.6. The Hall–Kier alpha value is -1.79. The van der Waals surface area contributed by atoms with Gasteiger partial charge in [0.05, 0.1) is 13.7 Å². The molecule has 2 N–H and O–H groups in total. The molecule has 1 heterocycles. The van der Waals surface area contributed by atoms with Crippen LogP contribution in [-0.4, -0.2) is 36.5 Å². The molecule has 0 spiro atoms. The van der Waals surface area contributed by atoms with E-state index in [4.69, 9.17) is 5.73 Å². The van der Waals surface area contributed by atoms with E-state index in [1.807, 2.05) is 30.3 Å². The van der Waals surface area contributed by atoms with Crippen LogP contribution in [0, 0.1) is 0 Å². The number of amides is 1. The molecule has 0 aliphatic carbocycles. The molecule has 0 aromatic heterocycles. The molecule has 1 aromatic carbocycles. The lowest BCUT2D eigenvalue weighted by Gasteiger charge is -2.36. The van der Waals surface area contributed by atoms with E-state index in [-0.39, 0.29) is 11.6 Å². The minimum Gasteiger partial charge on any atom is -0.464 e. The number of thioether (sulfide) groups is 1. The summed E-state index contributed by atoms with van der Waals surface area (Å²) in [7, 11) is 1.29. The van der Waals surface area contributed by atoms with Gasteiger partial charge in [0.15, 0.2) is 0 Å². The topological polar surface area (TPSA) is 72.6 Å². The van der Waals surface area contributed by atoms with Crippen LogP contribution in [0.2, 0.25) is 0 Å². The number of esters is 1. The van der Waals surface area contributed by atoms with Crippen molar-refractivity contribution in [3.8, 4) is 0 Å². The second-order valence-corrected chi connectivity index (χ2v) is 4.92. The highest BCUT2D eigenvalue weighted by Gasteiger charge is 2.38. The Morgan fingerprint density at radius 2 is 2.16 bits per heavy atom. The Morgan fingerprint density at radius 3 is 2.68 bits per heavy atom. The van der Waals surface area contributed by atoms with Crippen LogP contribution in [0.4, 0.5) is 0 Å². The summed E-state index contributed by atoms with van der Waals surface area (Å²) in [5.41, 5.74) is 5.75. The molecule has 1 unspecified atom stereocenters. The molecule has 1 aromatic rings. The van der Waals surface area contributed by atoms with Gasteiger partial charge in [-0.1, -0.05) is 30.0 Å². The van der Waals surface area contributed by atoms with Crippen molar-refractivity contribution in [2.24, 2.45) is 5.73 Å². The fraction of sp³-hybridized carbons (Fsp3) is 0.231. The number of carbonyl (C=O) groups is 2. The molecular formula is C13H14N2O3S. The van der Waals surface area contributed by atoms with Crippen molar-refractivity contribution in [2.45, 2.75) is 10.9 Å². The van der Waals surface area contributed by atoms with E-state index < -0.39 is 12.0 Å². The SMILES string of the molecule is COC(=O)C(=CSc1ccccc1)N1CC(N)C1=O. The number of benzene rings is 1. The number of nitrogens with two attached hydrogens (primary N) is 1. The van der Waals surface area contributed by atoms with Gasteiger partial charge in [-0.05, 0) is 12.1 Å². The van der Waals surface area contributed by atoms with E-state index in [2.05, 4.69) is 4.74 Å². The third-order valence-corrected chi connectivity index (χ3v) is 3.58. The lowest BCUT2D eigenvalue weighted by atomic mass is 10.1. The van der Waals surface area contributed by atoms with Crippen molar-refractivity contribution in [3.63, 3.8) is 0 Å². The number of β-lactam (4-membered cyclic amide) rings is 1. The Bertz CT molecular complexity index is 516. The highest BCUT2D eigenvalue weighted by molar-refractivity contribution is 8.02. The van der Waals surface area contributed by atoms with Crippen LogP contribution in [0.15, 0.2) is 46.3 Å². The summed E-state index contributed by atoms with van der Waals surface area (Å²) in [5, 5.41) is 1.62. The summed E-state index contributed by atoms with van der Waals surface area (Å²) in [6, 6.07) is 9.03. The van der Waals surface area contributed by atoms with Gasteiger partial charge in [0.2, 0.25) is 5.91 Å². The third kappa shape index (κ3) is 2.97. The first kappa shape index (κ1) is 13.6. The summed E-state index contributed by atoms with van der Waals surface area (Å²) in [5.74, 6) is -0.797. The van der Waals surface area contributed by atoms with Crippen LogP contribution in [0.5, 0.6) is 0 Å². The number of ether oxygens (including phenoxy) is 1. The minimum atomic E-state index is -0.538. The molecule has 0 radical (unpaired) electrons. The zero-order valence-electron chi connectivity index (χ0n) is 10.4. The molecule has 100 valence electrons. The van der Waals surface area contributed by atoms with Crippen LogP contribution in [0.3, 0.4) is 0 Å². The quantitative estimate of drug-likeness (QED) is 0.384. The second-order valence-electron chi connectivity index (χ2n) is 3.98. The standard InChI is InChI=1S/C13H14N2O3S/c1-18-13(17)11(15-7-10(14)12(15)16)8-19-9-5-3-2-4-6-9/h2-6,8,10H,7,14H2,1H3. The molecule has 5 nitrogen and oxygen atoms in total. The predicted molar refractivity (Wildman–Crippen MR) is 72.1 cm³/mol. The predicted octanol–water partition coefficient (Wildman–Crippen LogP) is 0.963. The number of hydrogen-bond acceptors (Lipinski definition) is 5. The van der Waals surface area contributed by atoms with Gasteiger partial charge in [-0.2, -0.15) is 0 Å². The van der Waals surface area contributed by atoms with E-state index in [9.17, 15) is 9.59 Å². The molecule has 1 aliphatic heterocycles. The van der Waals surface area contributed by atoms with Crippen molar-refractivity contribution in [1.82, 2.24) is 4.90 Å². The Morgan fingerprint density at radius 1 is 1.47 bits per heavy atom. The molecule has 0 saturated carbocycles. The molecular weight excluding hydrogens is 264 g/mol. The van der Waals surface area contributed by atoms with E-state index in [1.165, 1.54) is 23.8 Å². The van der Waals surface area contributed by atoms with Crippen LogP contribution >= 0.6 is 11.8 Å². The van der Waals surface area contributed by atoms with Crippen LogP contribution in [-0.2, 0) is 14.3 Å². The van der Waals surface area contributed by atoms with E-state index >= 15 is 0 Å². The molecule has 19 heavy (non-hydrogen) atoms. The molecule has 1 atom stereocenters. The fourth-order valence-electron chi connectivity index (χ4n) is 1.62. The number of methoxy groups -OCH3 is 1. The largest absolute Gasteiger partial charge is 0.464 e. The molecule has 1 fully saturated rings. The minimum absolute atomic E-state index is 0.225. The van der Waals surface area contributed by atoms with Crippen LogP contribution in [0.25, 0.3) is 0 Å². The van der Waals surface area contributed by atoms with Gasteiger partial charge < -0.3 is 15.4 Å². The molecule has 1 saturated heterocycles. The average molecular weight is 278 g/mol. The van der Waals surface area contributed by atoms with Crippen LogP contribution in [0.1, 0.15) is 0 Å². The van der Waals surface area contributed by atoms with Gasteiger partial charge in [-0.25, -0.2) is 4.79 Å². The van der Waals surface area contributed by atoms with Crippen molar-refractivity contribution >= 4 is 23.6 Å². The van der Waals surface area contributed by atoms with Crippen molar-refractivity contribution in [1.29, 1.82) is 0 Å².